The molecule has 4 nitrogen and oxygen atoms in total. The zero-order valence-electron chi connectivity index (χ0n) is 22.2. The molecule has 0 fully saturated rings. The predicted molar refractivity (Wildman–Crippen MR) is 172 cm³/mol. The van der Waals surface area contributed by atoms with Crippen molar-refractivity contribution < 1.29 is 0 Å². The van der Waals surface area contributed by atoms with Crippen LogP contribution in [0.15, 0.2) is 170 Å². The second kappa shape index (κ2) is 13.9. The maximum atomic E-state index is 3.43. The normalized spacial score (nSPS) is 10.0. The maximum Gasteiger partial charge on any atom is 0.0623 e. The monoisotopic (exact) mass is 520 g/mol. The van der Waals surface area contributed by atoms with Crippen LogP contribution < -0.4 is 21.3 Å². The largest absolute Gasteiger partial charge is 0.356 e. The summed E-state index contributed by atoms with van der Waals surface area (Å²) in [5.41, 5.74) is 8.62. The lowest BCUT2D eigenvalue weighted by Crippen LogP contribution is -1.96. The number of rotatable bonds is 8. The maximum absolute atomic E-state index is 3.43. The van der Waals surface area contributed by atoms with Crippen LogP contribution in [0.1, 0.15) is 0 Å². The van der Waals surface area contributed by atoms with Crippen LogP contribution in [0, 0.1) is 0 Å². The van der Waals surface area contributed by atoms with Gasteiger partial charge in [-0.2, -0.15) is 0 Å². The first-order valence-electron chi connectivity index (χ1n) is 13.3. The second-order valence-electron chi connectivity index (χ2n) is 9.09. The number of anilines is 8. The minimum atomic E-state index is 1.06. The molecule has 0 saturated carbocycles. The van der Waals surface area contributed by atoms with Gasteiger partial charge < -0.3 is 21.3 Å². The van der Waals surface area contributed by atoms with E-state index in [1.54, 1.807) is 0 Å². The summed E-state index contributed by atoms with van der Waals surface area (Å²) in [4.78, 5) is 0. The fraction of sp³-hybridized carbons (Fsp3) is 0. The van der Waals surface area contributed by atoms with Crippen LogP contribution in [-0.2, 0) is 0 Å². The molecule has 0 spiro atoms. The summed E-state index contributed by atoms with van der Waals surface area (Å²) in [6.07, 6.45) is 0. The molecule has 0 aliphatic carbocycles. The van der Waals surface area contributed by atoms with E-state index in [1.807, 2.05) is 84.9 Å². The summed E-state index contributed by atoms with van der Waals surface area (Å²) in [6.45, 7) is 0. The van der Waals surface area contributed by atoms with Gasteiger partial charge in [-0.05, 0) is 84.9 Å². The SMILES string of the molecule is c1ccc(Nc2ccc(Nc3ccccc3)cc2)cc1.c1ccc(Nc2ccccc2Nc2ccccc2)cc1. The molecule has 0 saturated heterocycles. The molecule has 4 N–H and O–H groups in total. The molecule has 6 aromatic rings. The van der Waals surface area contributed by atoms with Crippen LogP contribution in [0.25, 0.3) is 0 Å². The van der Waals surface area contributed by atoms with Crippen molar-refractivity contribution in [2.75, 3.05) is 21.3 Å². The fourth-order valence-electron chi connectivity index (χ4n) is 4.07. The fourth-order valence-corrected chi connectivity index (χ4v) is 4.07. The van der Waals surface area contributed by atoms with Gasteiger partial charge in [0.1, 0.15) is 0 Å². The van der Waals surface area contributed by atoms with Crippen molar-refractivity contribution in [3.05, 3.63) is 170 Å². The van der Waals surface area contributed by atoms with Gasteiger partial charge in [0.15, 0.2) is 0 Å². The Bertz CT molecular complexity index is 1430. The molecule has 0 radical (unpaired) electrons. The molecule has 0 bridgehead atoms. The van der Waals surface area contributed by atoms with Crippen LogP contribution in [-0.4, -0.2) is 0 Å². The van der Waals surface area contributed by atoms with Gasteiger partial charge in [0.25, 0.3) is 0 Å². The Morgan fingerprint density at radius 2 is 0.425 bits per heavy atom. The molecule has 0 atom stereocenters. The third kappa shape index (κ3) is 8.01. The van der Waals surface area contributed by atoms with Gasteiger partial charge in [-0.15, -0.1) is 0 Å². The number of hydrogen-bond acceptors (Lipinski definition) is 4. The van der Waals surface area contributed by atoms with Crippen molar-refractivity contribution in [2.45, 2.75) is 0 Å². The van der Waals surface area contributed by atoms with E-state index >= 15 is 0 Å². The van der Waals surface area contributed by atoms with Crippen LogP contribution in [0.5, 0.6) is 0 Å². The lowest BCUT2D eigenvalue weighted by atomic mass is 10.2. The first kappa shape index (κ1) is 26.1. The molecular formula is C36H32N4. The molecule has 6 aromatic carbocycles. The van der Waals surface area contributed by atoms with Crippen LogP contribution >= 0.6 is 0 Å². The predicted octanol–water partition coefficient (Wildman–Crippen LogP) is 10.3. The van der Waals surface area contributed by atoms with Gasteiger partial charge in [0.05, 0.1) is 11.4 Å². The summed E-state index contributed by atoms with van der Waals surface area (Å²) in [5.74, 6) is 0. The summed E-state index contributed by atoms with van der Waals surface area (Å²) in [5, 5.41) is 13.6. The first-order valence-corrected chi connectivity index (χ1v) is 13.3. The van der Waals surface area contributed by atoms with E-state index in [9.17, 15) is 0 Å². The average molecular weight is 521 g/mol. The number of benzene rings is 6. The van der Waals surface area contributed by atoms with E-state index < -0.39 is 0 Å². The summed E-state index contributed by atoms with van der Waals surface area (Å²) >= 11 is 0. The van der Waals surface area contributed by atoms with Crippen LogP contribution in [0.2, 0.25) is 0 Å². The Morgan fingerprint density at radius 3 is 0.725 bits per heavy atom. The second-order valence-corrected chi connectivity index (χ2v) is 9.09. The average Bonchev–Trinajstić information content (AvgIpc) is 3.02. The quantitative estimate of drug-likeness (QED) is 0.161. The standard InChI is InChI=1S/2C18H16N2/c1-3-9-15(10-4-1)19-17-13-7-8-14-18(17)20-16-11-5-2-6-12-16;1-3-7-15(8-4-1)19-17-11-13-18(14-12-17)20-16-9-5-2-6-10-16/h2*1-14,19-20H. The highest BCUT2D eigenvalue weighted by Gasteiger charge is 2.02. The van der Waals surface area contributed by atoms with Gasteiger partial charge in [-0.3, -0.25) is 0 Å². The molecule has 0 unspecified atom stereocenters. The summed E-state index contributed by atoms with van der Waals surface area (Å²) < 4.78 is 0. The van der Waals surface area contributed by atoms with Crippen molar-refractivity contribution in [1.29, 1.82) is 0 Å². The zero-order chi connectivity index (χ0) is 27.2. The number of para-hydroxylation sites is 6. The van der Waals surface area contributed by atoms with E-state index in [0.717, 1.165) is 45.5 Å². The van der Waals surface area contributed by atoms with Gasteiger partial charge in [0.2, 0.25) is 0 Å². The van der Waals surface area contributed by atoms with Crippen LogP contribution in [0.3, 0.4) is 0 Å². The molecule has 0 amide bonds. The molecule has 0 aliphatic rings. The van der Waals surface area contributed by atoms with Gasteiger partial charge in [0, 0.05) is 34.1 Å². The van der Waals surface area contributed by atoms with Crippen molar-refractivity contribution in [2.24, 2.45) is 0 Å². The van der Waals surface area contributed by atoms with Gasteiger partial charge >= 0.3 is 0 Å². The van der Waals surface area contributed by atoms with Crippen molar-refractivity contribution in [1.82, 2.24) is 0 Å². The molecule has 6 rings (SSSR count). The Hall–Kier alpha value is -5.48. The molecule has 4 heteroatoms. The third-order valence-electron chi connectivity index (χ3n) is 6.04. The van der Waals surface area contributed by atoms with E-state index in [-0.39, 0.29) is 0 Å². The highest BCUT2D eigenvalue weighted by Crippen LogP contribution is 2.28. The topological polar surface area (TPSA) is 48.1 Å². The Morgan fingerprint density at radius 1 is 0.200 bits per heavy atom. The Labute approximate surface area is 236 Å². The van der Waals surface area contributed by atoms with E-state index in [2.05, 4.69) is 106 Å². The number of hydrogen-bond donors (Lipinski definition) is 4. The molecule has 0 aliphatic heterocycles. The van der Waals surface area contributed by atoms with Gasteiger partial charge in [-0.1, -0.05) is 84.9 Å². The minimum absolute atomic E-state index is 1.06. The van der Waals surface area contributed by atoms with Gasteiger partial charge in [-0.25, -0.2) is 0 Å². The van der Waals surface area contributed by atoms with Crippen molar-refractivity contribution >= 4 is 45.5 Å². The minimum Gasteiger partial charge on any atom is -0.356 e. The summed E-state index contributed by atoms with van der Waals surface area (Å²) in [7, 11) is 0. The smallest absolute Gasteiger partial charge is 0.0623 e. The highest BCUT2D eigenvalue weighted by atomic mass is 15.0. The van der Waals surface area contributed by atoms with E-state index in [4.69, 9.17) is 0 Å². The van der Waals surface area contributed by atoms with Crippen molar-refractivity contribution in [3.8, 4) is 0 Å². The lowest BCUT2D eigenvalue weighted by Gasteiger charge is -2.13. The first-order chi connectivity index (χ1) is 19.8. The Kier molecular flexibility index (Phi) is 9.08. The molecule has 0 heterocycles. The van der Waals surface area contributed by atoms with E-state index in [0.29, 0.717) is 0 Å². The number of nitrogens with one attached hydrogen (secondary N) is 4. The van der Waals surface area contributed by atoms with Crippen LogP contribution in [0.4, 0.5) is 45.5 Å². The van der Waals surface area contributed by atoms with E-state index in [1.165, 1.54) is 0 Å². The van der Waals surface area contributed by atoms with Crippen molar-refractivity contribution in [3.63, 3.8) is 0 Å². The molecule has 196 valence electrons. The highest BCUT2D eigenvalue weighted by molar-refractivity contribution is 5.78. The third-order valence-corrected chi connectivity index (χ3v) is 6.04. The zero-order valence-corrected chi connectivity index (χ0v) is 22.2. The molecule has 40 heavy (non-hydrogen) atoms. The Balaban J connectivity index is 0.000000161. The summed E-state index contributed by atoms with van der Waals surface area (Å²) in [6, 6.07) is 57.1. The molecule has 0 aromatic heterocycles. The lowest BCUT2D eigenvalue weighted by molar-refractivity contribution is 1.50. The molecular weight excluding hydrogens is 488 g/mol.